The van der Waals surface area contributed by atoms with E-state index in [4.69, 9.17) is 4.74 Å². The van der Waals surface area contributed by atoms with E-state index in [1.807, 2.05) is 0 Å². The molecule has 0 saturated carbocycles. The summed E-state index contributed by atoms with van der Waals surface area (Å²) in [5, 5.41) is 5.61. The molecule has 160 valence electrons. The monoisotopic (exact) mass is 431 g/mol. The van der Waals surface area contributed by atoms with Crippen LogP contribution in [0.2, 0.25) is 0 Å². The lowest BCUT2D eigenvalue weighted by atomic mass is 10.1. The van der Waals surface area contributed by atoms with Gasteiger partial charge in [-0.1, -0.05) is 30.3 Å². The Morgan fingerprint density at radius 3 is 2.50 bits per heavy atom. The molecule has 0 aromatic heterocycles. The van der Waals surface area contributed by atoms with Crippen LogP contribution < -0.4 is 15.4 Å². The summed E-state index contributed by atoms with van der Waals surface area (Å²) in [6.45, 7) is 0.886. The third-order valence-corrected chi connectivity index (χ3v) is 6.09. The van der Waals surface area contributed by atoms with Crippen LogP contribution in [-0.4, -0.2) is 40.0 Å². The number of hydrogen-bond acceptors (Lipinski definition) is 5. The number of carbonyl (C=O) groups is 2. The van der Waals surface area contributed by atoms with Gasteiger partial charge in [0.2, 0.25) is 10.0 Å². The molecule has 2 amide bonds. The number of ether oxygens (including phenoxy) is 1. The zero-order valence-corrected chi connectivity index (χ0v) is 17.5. The van der Waals surface area contributed by atoms with Crippen LogP contribution in [0, 0.1) is 0 Å². The van der Waals surface area contributed by atoms with Crippen molar-refractivity contribution in [3.05, 3.63) is 65.2 Å². The number of amides is 2. The largest absolute Gasteiger partial charge is 0.368 e. The van der Waals surface area contributed by atoms with Gasteiger partial charge in [0.25, 0.3) is 11.8 Å². The van der Waals surface area contributed by atoms with E-state index in [1.165, 1.54) is 7.05 Å². The van der Waals surface area contributed by atoms with Crippen molar-refractivity contribution in [1.29, 1.82) is 0 Å². The number of benzene rings is 2. The van der Waals surface area contributed by atoms with Crippen LogP contribution in [0.4, 0.5) is 5.69 Å². The van der Waals surface area contributed by atoms with E-state index in [0.717, 1.165) is 12.0 Å². The number of hydrogen-bond donors (Lipinski definition) is 3. The first-order chi connectivity index (χ1) is 14.4. The van der Waals surface area contributed by atoms with Crippen molar-refractivity contribution >= 4 is 27.5 Å². The van der Waals surface area contributed by atoms with Crippen LogP contribution >= 0.6 is 0 Å². The van der Waals surface area contributed by atoms with Gasteiger partial charge in [0, 0.05) is 24.4 Å². The van der Waals surface area contributed by atoms with E-state index in [0.29, 0.717) is 36.4 Å². The number of nitrogens with one attached hydrogen (secondary N) is 3. The van der Waals surface area contributed by atoms with Crippen LogP contribution in [0.25, 0.3) is 0 Å². The molecular weight excluding hydrogens is 406 g/mol. The fraction of sp³-hybridized carbons (Fsp3) is 0.333. The molecule has 0 spiro atoms. The minimum absolute atomic E-state index is 0.0967. The maximum atomic E-state index is 12.5. The van der Waals surface area contributed by atoms with Gasteiger partial charge in [-0.3, -0.25) is 9.59 Å². The van der Waals surface area contributed by atoms with Gasteiger partial charge in [0.15, 0.2) is 0 Å². The molecule has 1 heterocycles. The third-order valence-electron chi connectivity index (χ3n) is 4.76. The molecule has 0 radical (unpaired) electrons. The topological polar surface area (TPSA) is 114 Å². The van der Waals surface area contributed by atoms with Gasteiger partial charge in [-0.2, -0.15) is 0 Å². The first-order valence-electron chi connectivity index (χ1n) is 9.66. The average molecular weight is 432 g/mol. The molecule has 2 aromatic carbocycles. The summed E-state index contributed by atoms with van der Waals surface area (Å²) in [5.74, 6) is -0.573. The molecule has 3 rings (SSSR count). The molecule has 1 aliphatic rings. The summed E-state index contributed by atoms with van der Waals surface area (Å²) in [5.41, 5.74) is 2.47. The molecule has 3 N–H and O–H groups in total. The molecule has 1 fully saturated rings. The van der Waals surface area contributed by atoms with Gasteiger partial charge in [0.05, 0.1) is 5.75 Å². The lowest BCUT2D eigenvalue weighted by molar-refractivity contribution is -0.124. The third kappa shape index (κ3) is 6.12. The van der Waals surface area contributed by atoms with Crippen molar-refractivity contribution in [2.75, 3.05) is 19.0 Å². The number of carbonyl (C=O) groups excluding carboxylic acids is 2. The Balaban J connectivity index is 1.55. The second kappa shape index (κ2) is 9.84. The summed E-state index contributed by atoms with van der Waals surface area (Å²) in [7, 11) is -1.95. The molecule has 1 unspecified atom stereocenters. The molecule has 1 aliphatic heterocycles. The van der Waals surface area contributed by atoms with E-state index >= 15 is 0 Å². The average Bonchev–Trinajstić information content (AvgIpc) is 3.28. The standard InChI is InChI=1S/C21H25N3O5S/c1-22-30(27,28)14-16-9-7-15(8-10-16)13-23-20(25)17-4-2-5-18(12-17)24-21(26)19-6-3-11-29-19/h2,4-5,7-10,12,19,22H,3,6,11,13-14H2,1H3,(H,23,25)(H,24,26). The molecule has 9 heteroatoms. The molecule has 1 saturated heterocycles. The zero-order chi connectivity index (χ0) is 21.6. The lowest BCUT2D eigenvalue weighted by Gasteiger charge is -2.11. The highest BCUT2D eigenvalue weighted by atomic mass is 32.2. The number of rotatable bonds is 8. The number of anilines is 1. The summed E-state index contributed by atoms with van der Waals surface area (Å²) in [4.78, 5) is 24.6. The highest BCUT2D eigenvalue weighted by Crippen LogP contribution is 2.16. The van der Waals surface area contributed by atoms with E-state index in [2.05, 4.69) is 15.4 Å². The van der Waals surface area contributed by atoms with Gasteiger partial charge < -0.3 is 15.4 Å². The minimum atomic E-state index is -3.32. The van der Waals surface area contributed by atoms with E-state index in [1.54, 1.807) is 48.5 Å². The van der Waals surface area contributed by atoms with Crippen molar-refractivity contribution in [3.8, 4) is 0 Å². The summed E-state index contributed by atoms with van der Waals surface area (Å²) in [6, 6.07) is 13.7. The Morgan fingerprint density at radius 2 is 1.83 bits per heavy atom. The van der Waals surface area contributed by atoms with Gasteiger partial charge in [0.1, 0.15) is 6.10 Å². The zero-order valence-electron chi connectivity index (χ0n) is 16.7. The van der Waals surface area contributed by atoms with Crippen LogP contribution in [0.5, 0.6) is 0 Å². The maximum absolute atomic E-state index is 12.5. The Bertz CT molecular complexity index is 1000. The summed E-state index contributed by atoms with van der Waals surface area (Å²) in [6.07, 6.45) is 1.13. The van der Waals surface area contributed by atoms with Crippen molar-refractivity contribution in [1.82, 2.24) is 10.0 Å². The van der Waals surface area contributed by atoms with Crippen molar-refractivity contribution in [2.24, 2.45) is 0 Å². The van der Waals surface area contributed by atoms with Gasteiger partial charge >= 0.3 is 0 Å². The van der Waals surface area contributed by atoms with Gasteiger partial charge in [-0.25, -0.2) is 13.1 Å². The Kier molecular flexibility index (Phi) is 7.20. The second-order valence-electron chi connectivity index (χ2n) is 7.03. The van der Waals surface area contributed by atoms with Crippen molar-refractivity contribution in [2.45, 2.75) is 31.2 Å². The van der Waals surface area contributed by atoms with Crippen LogP contribution in [0.3, 0.4) is 0 Å². The Hall–Kier alpha value is -2.75. The highest BCUT2D eigenvalue weighted by Gasteiger charge is 2.23. The Morgan fingerprint density at radius 1 is 1.10 bits per heavy atom. The Labute approximate surface area is 176 Å². The van der Waals surface area contributed by atoms with Crippen LogP contribution in [0.15, 0.2) is 48.5 Å². The van der Waals surface area contributed by atoms with E-state index < -0.39 is 16.1 Å². The van der Waals surface area contributed by atoms with Gasteiger partial charge in [-0.05, 0) is 49.2 Å². The normalized spacial score (nSPS) is 16.2. The molecule has 30 heavy (non-hydrogen) atoms. The molecular formula is C21H25N3O5S. The molecule has 8 nitrogen and oxygen atoms in total. The van der Waals surface area contributed by atoms with Crippen LogP contribution in [0.1, 0.15) is 34.3 Å². The SMILES string of the molecule is CNS(=O)(=O)Cc1ccc(CNC(=O)c2cccc(NC(=O)C3CCCO3)c2)cc1. The molecule has 2 aromatic rings. The number of sulfonamides is 1. The van der Waals surface area contributed by atoms with Crippen LogP contribution in [-0.2, 0) is 31.9 Å². The van der Waals surface area contributed by atoms with Gasteiger partial charge in [-0.15, -0.1) is 0 Å². The lowest BCUT2D eigenvalue weighted by Crippen LogP contribution is -2.27. The summed E-state index contributed by atoms with van der Waals surface area (Å²) >= 11 is 0. The maximum Gasteiger partial charge on any atom is 0.253 e. The fourth-order valence-electron chi connectivity index (χ4n) is 3.07. The van der Waals surface area contributed by atoms with E-state index in [9.17, 15) is 18.0 Å². The predicted molar refractivity (Wildman–Crippen MR) is 113 cm³/mol. The van der Waals surface area contributed by atoms with Crippen molar-refractivity contribution < 1.29 is 22.7 Å². The second-order valence-corrected chi connectivity index (χ2v) is 8.96. The molecule has 0 bridgehead atoms. The summed E-state index contributed by atoms with van der Waals surface area (Å²) < 4.78 is 30.8. The minimum Gasteiger partial charge on any atom is -0.368 e. The quantitative estimate of drug-likeness (QED) is 0.590. The van der Waals surface area contributed by atoms with E-state index in [-0.39, 0.29) is 17.6 Å². The predicted octanol–water partition coefficient (Wildman–Crippen LogP) is 1.78. The highest BCUT2D eigenvalue weighted by molar-refractivity contribution is 7.88. The smallest absolute Gasteiger partial charge is 0.253 e. The first kappa shape index (κ1) is 21.9. The first-order valence-corrected chi connectivity index (χ1v) is 11.3. The van der Waals surface area contributed by atoms with Crippen molar-refractivity contribution in [3.63, 3.8) is 0 Å². The molecule has 0 aliphatic carbocycles. The molecule has 1 atom stereocenters. The fourth-order valence-corrected chi connectivity index (χ4v) is 3.85.